The van der Waals surface area contributed by atoms with Crippen molar-refractivity contribution >= 4 is 29.9 Å². The first-order valence-corrected chi connectivity index (χ1v) is 9.82. The zero-order valence-electron chi connectivity index (χ0n) is 17.0. The fraction of sp³-hybridized carbons (Fsp3) is 0.684. The lowest BCUT2D eigenvalue weighted by Crippen LogP contribution is -2.48. The van der Waals surface area contributed by atoms with Gasteiger partial charge in [-0.05, 0) is 38.8 Å². The predicted octanol–water partition coefficient (Wildman–Crippen LogP) is 3.57. The van der Waals surface area contributed by atoms with Crippen LogP contribution in [0, 0.1) is 0 Å². The number of rotatable bonds is 8. The van der Waals surface area contributed by atoms with Gasteiger partial charge in [0.05, 0.1) is 6.54 Å². The Morgan fingerprint density at radius 1 is 1.31 bits per heavy atom. The number of guanidine groups is 1. The molecule has 1 aromatic rings. The number of aliphatic imine (C=N–C) groups is 1. The van der Waals surface area contributed by atoms with E-state index in [1.807, 2.05) is 6.92 Å². The van der Waals surface area contributed by atoms with Gasteiger partial charge in [-0.2, -0.15) is 13.2 Å². The van der Waals surface area contributed by atoms with Gasteiger partial charge in [-0.3, -0.25) is 0 Å². The standard InChI is InChI=1S/C19H30F3N5O.HI/c1-3-10-27-11-7-16(8-12-27)26-18(23-4-2)25-13-15-6-5-9-24-17(15)28-14-19(20,21)22;/h5-6,9,16H,3-4,7-8,10-14H2,1-2H3,(H2,23,25,26);1H. The molecule has 1 aromatic heterocycles. The maximum Gasteiger partial charge on any atom is 0.422 e. The molecule has 29 heavy (non-hydrogen) atoms. The fourth-order valence-corrected chi connectivity index (χ4v) is 3.12. The molecule has 6 nitrogen and oxygen atoms in total. The van der Waals surface area contributed by atoms with Crippen molar-refractivity contribution < 1.29 is 17.9 Å². The van der Waals surface area contributed by atoms with E-state index in [0.29, 0.717) is 24.1 Å². The smallest absolute Gasteiger partial charge is 0.422 e. The van der Waals surface area contributed by atoms with Gasteiger partial charge >= 0.3 is 6.18 Å². The topological polar surface area (TPSA) is 61.8 Å². The van der Waals surface area contributed by atoms with E-state index in [1.165, 1.54) is 6.20 Å². The van der Waals surface area contributed by atoms with Crippen LogP contribution >= 0.6 is 24.0 Å². The Kier molecular flexibility index (Phi) is 11.6. The van der Waals surface area contributed by atoms with Crippen LogP contribution in [0.25, 0.3) is 0 Å². The molecule has 2 rings (SSSR count). The lowest BCUT2D eigenvalue weighted by atomic mass is 10.1. The van der Waals surface area contributed by atoms with E-state index in [1.54, 1.807) is 12.1 Å². The lowest BCUT2D eigenvalue weighted by Gasteiger charge is -2.32. The molecule has 2 heterocycles. The Morgan fingerprint density at radius 3 is 2.66 bits per heavy atom. The van der Waals surface area contributed by atoms with E-state index in [0.717, 1.165) is 38.9 Å². The number of piperidine rings is 1. The summed E-state index contributed by atoms with van der Waals surface area (Å²) in [5.74, 6) is 0.620. The van der Waals surface area contributed by atoms with Crippen LogP contribution < -0.4 is 15.4 Å². The zero-order valence-corrected chi connectivity index (χ0v) is 19.3. The van der Waals surface area contributed by atoms with Gasteiger partial charge in [-0.15, -0.1) is 24.0 Å². The quantitative estimate of drug-likeness (QED) is 0.307. The van der Waals surface area contributed by atoms with Crippen LogP contribution in [0.4, 0.5) is 13.2 Å². The maximum atomic E-state index is 12.4. The van der Waals surface area contributed by atoms with Crippen LogP contribution in [0.3, 0.4) is 0 Å². The largest absolute Gasteiger partial charge is 0.468 e. The van der Waals surface area contributed by atoms with E-state index in [2.05, 4.69) is 32.4 Å². The van der Waals surface area contributed by atoms with Crippen molar-refractivity contribution in [1.82, 2.24) is 20.5 Å². The van der Waals surface area contributed by atoms with Gasteiger partial charge in [-0.25, -0.2) is 9.98 Å². The number of nitrogens with one attached hydrogen (secondary N) is 2. The Hall–Kier alpha value is -1.30. The number of halogens is 4. The van der Waals surface area contributed by atoms with Crippen LogP contribution in [0.15, 0.2) is 23.3 Å². The summed E-state index contributed by atoms with van der Waals surface area (Å²) < 4.78 is 42.1. The molecule has 0 spiro atoms. The maximum absolute atomic E-state index is 12.4. The lowest BCUT2D eigenvalue weighted by molar-refractivity contribution is -0.154. The van der Waals surface area contributed by atoms with Gasteiger partial charge in [0.25, 0.3) is 0 Å². The zero-order chi connectivity index (χ0) is 20.4. The normalized spacial score (nSPS) is 16.2. The Bertz CT molecular complexity index is 622. The third kappa shape index (κ3) is 9.83. The summed E-state index contributed by atoms with van der Waals surface area (Å²) in [5, 5.41) is 6.63. The molecule has 0 radical (unpaired) electrons. The fourth-order valence-electron chi connectivity index (χ4n) is 3.12. The number of hydrogen-bond acceptors (Lipinski definition) is 4. The number of pyridine rings is 1. The highest BCUT2D eigenvalue weighted by molar-refractivity contribution is 14.0. The molecule has 1 fully saturated rings. The van der Waals surface area contributed by atoms with Crippen LogP contribution in [-0.4, -0.2) is 60.8 Å². The van der Waals surface area contributed by atoms with Gasteiger partial charge in [0.15, 0.2) is 12.6 Å². The van der Waals surface area contributed by atoms with Gasteiger partial charge in [0.2, 0.25) is 5.88 Å². The highest BCUT2D eigenvalue weighted by Gasteiger charge is 2.29. The number of alkyl halides is 3. The SMILES string of the molecule is CCCN1CCC(NC(=NCc2cccnc2OCC(F)(F)F)NCC)CC1.I. The number of likely N-dealkylation sites (tertiary alicyclic amines) is 1. The van der Waals surface area contributed by atoms with E-state index in [4.69, 9.17) is 4.74 Å². The van der Waals surface area contributed by atoms with Crippen molar-refractivity contribution in [2.75, 3.05) is 32.8 Å². The molecule has 10 heteroatoms. The summed E-state index contributed by atoms with van der Waals surface area (Å²) in [4.78, 5) is 10.9. The summed E-state index contributed by atoms with van der Waals surface area (Å²) in [6, 6.07) is 3.67. The number of nitrogens with zero attached hydrogens (tertiary/aromatic N) is 3. The monoisotopic (exact) mass is 529 g/mol. The number of aromatic nitrogens is 1. The predicted molar refractivity (Wildman–Crippen MR) is 119 cm³/mol. The van der Waals surface area contributed by atoms with E-state index < -0.39 is 12.8 Å². The van der Waals surface area contributed by atoms with Crippen LogP contribution in [0.2, 0.25) is 0 Å². The van der Waals surface area contributed by atoms with Gasteiger partial charge in [0.1, 0.15) is 0 Å². The highest BCUT2D eigenvalue weighted by atomic mass is 127. The first-order chi connectivity index (χ1) is 13.4. The average Bonchev–Trinajstić information content (AvgIpc) is 2.66. The molecule has 2 N–H and O–H groups in total. The molecule has 0 atom stereocenters. The summed E-state index contributed by atoms with van der Waals surface area (Å²) in [7, 11) is 0. The summed E-state index contributed by atoms with van der Waals surface area (Å²) in [6.45, 7) is 6.92. The van der Waals surface area contributed by atoms with Gasteiger partial charge in [0, 0.05) is 37.4 Å². The minimum atomic E-state index is -4.40. The first-order valence-electron chi connectivity index (χ1n) is 9.82. The molecular weight excluding hydrogens is 498 g/mol. The van der Waals surface area contributed by atoms with E-state index >= 15 is 0 Å². The molecule has 166 valence electrons. The third-order valence-electron chi connectivity index (χ3n) is 4.44. The van der Waals surface area contributed by atoms with Gasteiger partial charge < -0.3 is 20.3 Å². The molecule has 1 aliphatic heterocycles. The Labute approximate surface area is 187 Å². The van der Waals surface area contributed by atoms with Crippen molar-refractivity contribution in [1.29, 1.82) is 0 Å². The third-order valence-corrected chi connectivity index (χ3v) is 4.44. The van der Waals surface area contributed by atoms with Crippen molar-refractivity contribution in [3.8, 4) is 5.88 Å². The van der Waals surface area contributed by atoms with Crippen molar-refractivity contribution in [2.45, 2.75) is 51.9 Å². The van der Waals surface area contributed by atoms with Crippen LogP contribution in [0.1, 0.15) is 38.7 Å². The second kappa shape index (κ2) is 13.1. The molecule has 0 aromatic carbocycles. The second-order valence-electron chi connectivity index (χ2n) is 6.83. The minimum Gasteiger partial charge on any atom is -0.468 e. The van der Waals surface area contributed by atoms with E-state index in [9.17, 15) is 13.2 Å². The highest BCUT2D eigenvalue weighted by Crippen LogP contribution is 2.20. The Morgan fingerprint density at radius 2 is 2.03 bits per heavy atom. The second-order valence-corrected chi connectivity index (χ2v) is 6.83. The number of ether oxygens (including phenoxy) is 1. The summed E-state index contributed by atoms with van der Waals surface area (Å²) >= 11 is 0. The number of hydrogen-bond donors (Lipinski definition) is 2. The molecular formula is C19H31F3IN5O. The molecule has 0 unspecified atom stereocenters. The van der Waals surface area contributed by atoms with Crippen molar-refractivity contribution in [2.24, 2.45) is 4.99 Å². The van der Waals surface area contributed by atoms with E-state index in [-0.39, 0.29) is 36.4 Å². The summed E-state index contributed by atoms with van der Waals surface area (Å²) in [5.41, 5.74) is 0.515. The van der Waals surface area contributed by atoms with Crippen LogP contribution in [-0.2, 0) is 6.54 Å². The van der Waals surface area contributed by atoms with Crippen molar-refractivity contribution in [3.05, 3.63) is 23.9 Å². The molecule has 1 saturated heterocycles. The summed E-state index contributed by atoms with van der Waals surface area (Å²) in [6.07, 6.45) is 0.244. The molecule has 0 bridgehead atoms. The molecule has 0 saturated carbocycles. The Balaban J connectivity index is 0.00000420. The van der Waals surface area contributed by atoms with Crippen LogP contribution in [0.5, 0.6) is 5.88 Å². The van der Waals surface area contributed by atoms with Gasteiger partial charge in [-0.1, -0.05) is 13.0 Å². The average molecular weight is 529 g/mol. The molecule has 1 aliphatic rings. The minimum absolute atomic E-state index is 0. The molecule has 0 amide bonds. The molecule has 0 aliphatic carbocycles. The first kappa shape index (κ1) is 25.7. The van der Waals surface area contributed by atoms with Crippen molar-refractivity contribution in [3.63, 3.8) is 0 Å².